The molecule has 3 aromatic rings. The van der Waals surface area contributed by atoms with Gasteiger partial charge in [0.2, 0.25) is 11.8 Å². The smallest absolute Gasteiger partial charge is 0.293 e. The number of aromatic nitrogens is 3. The molecule has 2 aliphatic heterocycles. The van der Waals surface area contributed by atoms with Crippen molar-refractivity contribution in [3.8, 4) is 12.3 Å². The molecule has 300 valence electrons. The maximum absolute atomic E-state index is 13.6. The first-order valence-electron chi connectivity index (χ1n) is 18.1. The lowest BCUT2D eigenvalue weighted by atomic mass is 9.34. The Morgan fingerprint density at radius 1 is 0.793 bits per heavy atom. The number of carbonyl (C=O) groups excluding carboxylic acids is 4. The molecule has 6 aliphatic carbocycles. The minimum atomic E-state index is -0.718. The molecule has 2 atom stereocenters. The van der Waals surface area contributed by atoms with Crippen molar-refractivity contribution in [2.24, 2.45) is 48.4 Å². The van der Waals surface area contributed by atoms with Crippen molar-refractivity contribution in [1.29, 1.82) is 0 Å². The van der Waals surface area contributed by atoms with Gasteiger partial charge in [-0.05, 0) is 96.2 Å². The fraction of sp³-hybridized carbons (Fsp3) is 0.421. The number of amides is 4. The molecule has 6 fully saturated rings. The lowest BCUT2D eigenvalue weighted by Gasteiger charge is -2.69. The maximum Gasteiger partial charge on any atom is 0.293 e. The van der Waals surface area contributed by atoms with Crippen LogP contribution in [0, 0.1) is 57.3 Å². The summed E-state index contributed by atoms with van der Waals surface area (Å²) in [4.78, 5) is 49.6. The summed E-state index contributed by atoms with van der Waals surface area (Å²) in [6.07, 6.45) is 13.8. The molecule has 4 N–H and O–H groups in total. The van der Waals surface area contributed by atoms with Crippen molar-refractivity contribution in [2.75, 3.05) is 6.54 Å². The molecule has 4 bridgehead atoms. The largest absolute Gasteiger partial charge is 0.364 e. The van der Waals surface area contributed by atoms with Crippen LogP contribution in [0.5, 0.6) is 0 Å². The van der Waals surface area contributed by atoms with Crippen LogP contribution in [0.25, 0.3) is 10.4 Å². The van der Waals surface area contributed by atoms with Crippen LogP contribution in [0.4, 0.5) is 17.6 Å². The van der Waals surface area contributed by atoms with Gasteiger partial charge in [-0.3, -0.25) is 19.2 Å². The summed E-state index contributed by atoms with van der Waals surface area (Å²) in [5.74, 6) is -2.56. The van der Waals surface area contributed by atoms with Gasteiger partial charge in [0.15, 0.2) is 0 Å². The van der Waals surface area contributed by atoms with Gasteiger partial charge in [0.25, 0.3) is 11.8 Å². The van der Waals surface area contributed by atoms with Gasteiger partial charge in [-0.25, -0.2) is 32.3 Å². The van der Waals surface area contributed by atoms with Crippen molar-refractivity contribution in [3.05, 3.63) is 93.1 Å². The zero-order valence-corrected chi connectivity index (χ0v) is 30.8. The lowest BCUT2D eigenvalue weighted by Crippen LogP contribution is -2.69. The van der Waals surface area contributed by atoms with Crippen molar-refractivity contribution in [1.82, 2.24) is 25.0 Å². The molecule has 0 saturated heterocycles. The highest BCUT2D eigenvalue weighted by Crippen LogP contribution is 2.75. The lowest BCUT2D eigenvalue weighted by molar-refractivity contribution is -0.223. The van der Waals surface area contributed by atoms with Crippen LogP contribution in [0.15, 0.2) is 57.9 Å². The quantitative estimate of drug-likeness (QED) is 0.103. The van der Waals surface area contributed by atoms with Crippen molar-refractivity contribution in [2.45, 2.75) is 70.0 Å². The van der Waals surface area contributed by atoms with Crippen molar-refractivity contribution >= 4 is 36.1 Å². The highest BCUT2D eigenvalue weighted by molar-refractivity contribution is 5.91. The van der Waals surface area contributed by atoms with Crippen LogP contribution in [0.1, 0.15) is 85.1 Å². The Kier molecular flexibility index (Phi) is 10.1. The van der Waals surface area contributed by atoms with Crippen molar-refractivity contribution in [3.63, 3.8) is 0 Å². The summed E-state index contributed by atoms with van der Waals surface area (Å²) in [6, 6.07) is 5.61. The van der Waals surface area contributed by atoms with E-state index >= 15 is 0 Å². The highest BCUT2D eigenvalue weighted by atomic mass is 19.1. The number of carbonyl (C=O) groups is 4. The number of hydrogen-bond acceptors (Lipinski definition) is 9. The van der Waals surface area contributed by atoms with Crippen LogP contribution >= 0.6 is 0 Å². The van der Waals surface area contributed by atoms with Gasteiger partial charge in [0.1, 0.15) is 29.0 Å². The van der Waals surface area contributed by atoms with Crippen molar-refractivity contribution < 1.29 is 36.7 Å². The number of benzene rings is 2. The standard InChI is InChI=1S/C19H18F2N6O2.C16H15F2N5O.C3H3NO/c20-12-3-11(4-13(21)5-12)14-1-2-24-27(14)17(29)19-7-18(8-19,9-19)10-26-15(16(22)28)6-23-25-26;17-11-3-10(4-12(18)5-11)13-1-2-21-23(13)14(24)16-6-15(7-16,8-16)9-20-22-19;1-2-3(4)5/h2-6,14H,1,7-10H2,(H2,22,28);2-5,13H,1,6-9H2;1H,(H2,4,5). The van der Waals surface area contributed by atoms with E-state index in [0.29, 0.717) is 75.6 Å². The number of halogens is 4. The highest BCUT2D eigenvalue weighted by Gasteiger charge is 2.73. The molecular weight excluding hydrogens is 764 g/mol. The molecule has 4 amide bonds. The fourth-order valence-corrected chi connectivity index (χ4v) is 9.64. The first-order chi connectivity index (χ1) is 27.5. The van der Waals surface area contributed by atoms with Gasteiger partial charge in [0, 0.05) is 55.4 Å². The minimum Gasteiger partial charge on any atom is -0.364 e. The predicted molar refractivity (Wildman–Crippen MR) is 196 cm³/mol. The Morgan fingerprint density at radius 3 is 1.62 bits per heavy atom. The van der Waals surface area contributed by atoms with Gasteiger partial charge in [-0.1, -0.05) is 10.3 Å². The van der Waals surface area contributed by atoms with E-state index in [1.165, 1.54) is 45.2 Å². The van der Waals surface area contributed by atoms with Gasteiger partial charge in [-0.2, -0.15) is 10.2 Å². The van der Waals surface area contributed by atoms with E-state index in [4.69, 9.17) is 11.3 Å². The number of nitrogens with two attached hydrogens (primary N) is 2. The maximum atomic E-state index is 13.6. The normalized spacial score (nSPS) is 28.7. The molecule has 11 rings (SSSR count). The first kappa shape index (κ1) is 39.6. The van der Waals surface area contributed by atoms with E-state index in [-0.39, 0.29) is 28.3 Å². The molecular formula is C38H36F4N12O4. The van der Waals surface area contributed by atoms with E-state index in [9.17, 15) is 36.7 Å². The third-order valence-corrected chi connectivity index (χ3v) is 11.8. The summed E-state index contributed by atoms with van der Waals surface area (Å²) < 4.78 is 55.7. The minimum absolute atomic E-state index is 0.0359. The number of hydrogen-bond donors (Lipinski definition) is 2. The number of primary amides is 2. The van der Waals surface area contributed by atoms with E-state index in [1.54, 1.807) is 18.3 Å². The monoisotopic (exact) mass is 800 g/mol. The molecule has 1 aromatic heterocycles. The molecule has 2 unspecified atom stereocenters. The van der Waals surface area contributed by atoms with E-state index < -0.39 is 58.0 Å². The molecule has 0 radical (unpaired) electrons. The molecule has 8 aliphatic rings. The predicted octanol–water partition coefficient (Wildman–Crippen LogP) is 4.59. The molecule has 3 heterocycles. The zero-order valence-electron chi connectivity index (χ0n) is 30.8. The second kappa shape index (κ2) is 14.7. The van der Waals surface area contributed by atoms with Crippen LogP contribution in [-0.4, -0.2) is 67.6 Å². The first-order valence-corrected chi connectivity index (χ1v) is 18.1. The Balaban J connectivity index is 0.000000161. The zero-order chi connectivity index (χ0) is 41.6. The second-order valence-corrected chi connectivity index (χ2v) is 16.0. The van der Waals surface area contributed by atoms with Crippen LogP contribution in [-0.2, 0) is 20.9 Å². The summed E-state index contributed by atoms with van der Waals surface area (Å²) in [5, 5.41) is 22.3. The summed E-state index contributed by atoms with van der Waals surface area (Å²) in [5.41, 5.74) is 18.1. The third-order valence-electron chi connectivity index (χ3n) is 11.8. The van der Waals surface area contributed by atoms with Gasteiger partial charge < -0.3 is 11.5 Å². The van der Waals surface area contributed by atoms with E-state index in [2.05, 4.69) is 42.7 Å². The Morgan fingerprint density at radius 2 is 1.22 bits per heavy atom. The summed E-state index contributed by atoms with van der Waals surface area (Å²) in [6.45, 7) is 0.891. The Labute approximate surface area is 327 Å². The number of rotatable bonds is 9. The fourth-order valence-electron chi connectivity index (χ4n) is 9.64. The average molecular weight is 801 g/mol. The Hall–Kier alpha value is -6.61. The number of azide groups is 1. The summed E-state index contributed by atoms with van der Waals surface area (Å²) >= 11 is 0. The molecule has 16 nitrogen and oxygen atoms in total. The van der Waals surface area contributed by atoms with Gasteiger partial charge >= 0.3 is 0 Å². The van der Waals surface area contributed by atoms with Crippen LogP contribution in [0.3, 0.4) is 0 Å². The second-order valence-electron chi connectivity index (χ2n) is 16.0. The average Bonchev–Trinajstić information content (AvgIpc) is 3.89. The topological polar surface area (TPSA) is 231 Å². The van der Waals surface area contributed by atoms with Gasteiger partial charge in [0.05, 0.1) is 29.1 Å². The van der Waals surface area contributed by atoms with E-state index in [0.717, 1.165) is 12.1 Å². The SMILES string of the molecule is C#CC(N)=O.NC(=O)c1cnnn1CC12CC(C(=O)N3N=CCC3c3cc(F)cc(F)c3)(C1)C2.[N-]=[N+]=NCC12CC(C(=O)N3N=CCC3c3cc(F)cc(F)c3)(C1)C2. The number of hydrazone groups is 2. The molecule has 0 spiro atoms. The summed E-state index contributed by atoms with van der Waals surface area (Å²) in [7, 11) is 0. The van der Waals surface area contributed by atoms with Gasteiger partial charge in [-0.15, -0.1) is 11.5 Å². The molecule has 58 heavy (non-hydrogen) atoms. The number of terminal acetylenes is 1. The van der Waals surface area contributed by atoms with E-state index in [1.807, 2.05) is 0 Å². The molecule has 20 heteroatoms. The molecule has 6 saturated carbocycles. The Bertz CT molecular complexity index is 2290. The third kappa shape index (κ3) is 7.13. The number of nitrogens with zero attached hydrogens (tertiary/aromatic N) is 10. The van der Waals surface area contributed by atoms with Crippen LogP contribution < -0.4 is 11.5 Å². The van der Waals surface area contributed by atoms with Crippen LogP contribution in [0.2, 0.25) is 0 Å². The molecule has 2 aromatic carbocycles.